The molecular weight excluding hydrogens is 174 g/mol. The lowest BCUT2D eigenvalue weighted by molar-refractivity contribution is 0.101. The zero-order valence-corrected chi connectivity index (χ0v) is 7.94. The molecule has 0 aliphatic carbocycles. The quantitative estimate of drug-likeness (QED) is 0.717. The van der Waals surface area contributed by atoms with Crippen LogP contribution in [-0.4, -0.2) is 12.8 Å². The first kappa shape index (κ1) is 11.0. The van der Waals surface area contributed by atoms with E-state index in [1.165, 1.54) is 0 Å². The fraction of sp³-hybridized carbons (Fsp3) is 0.222. The second-order valence-electron chi connectivity index (χ2n) is 2.38. The number of benzene rings is 1. The second kappa shape index (κ2) is 4.78. The van der Waals surface area contributed by atoms with Crippen LogP contribution in [0.1, 0.15) is 17.3 Å². The summed E-state index contributed by atoms with van der Waals surface area (Å²) >= 11 is 0. The molecule has 0 saturated heterocycles. The van der Waals surface area contributed by atoms with Gasteiger partial charge in [0.25, 0.3) is 0 Å². The number of nitrogens with one attached hydrogen (secondary N) is 1. The van der Waals surface area contributed by atoms with Crippen molar-refractivity contribution < 1.29 is 4.79 Å². The molecule has 0 aliphatic rings. The van der Waals surface area contributed by atoms with E-state index >= 15 is 0 Å². The van der Waals surface area contributed by atoms with Gasteiger partial charge in [-0.15, -0.1) is 12.4 Å². The standard InChI is InChI=1S/C9H11NO.ClH/c1-7(11)8-3-5-9(10-2)6-4-8;/h3-6,10H,1-2H3;1H. The Hall–Kier alpha value is -1.02. The minimum atomic E-state index is 0. The summed E-state index contributed by atoms with van der Waals surface area (Å²) in [5.74, 6) is 0.104. The molecule has 1 aromatic carbocycles. The third-order valence-electron chi connectivity index (χ3n) is 1.58. The zero-order valence-electron chi connectivity index (χ0n) is 7.13. The minimum absolute atomic E-state index is 0. The van der Waals surface area contributed by atoms with E-state index in [-0.39, 0.29) is 18.2 Å². The van der Waals surface area contributed by atoms with Crippen LogP contribution >= 0.6 is 12.4 Å². The largest absolute Gasteiger partial charge is 0.388 e. The van der Waals surface area contributed by atoms with Gasteiger partial charge in [0.1, 0.15) is 0 Å². The molecule has 1 aromatic rings. The summed E-state index contributed by atoms with van der Waals surface area (Å²) in [7, 11) is 1.85. The highest BCUT2D eigenvalue weighted by Crippen LogP contribution is 2.08. The normalized spacial score (nSPS) is 8.50. The molecule has 0 bridgehead atoms. The van der Waals surface area contributed by atoms with Gasteiger partial charge in [0, 0.05) is 18.3 Å². The van der Waals surface area contributed by atoms with Crippen molar-refractivity contribution in [3.63, 3.8) is 0 Å². The Morgan fingerprint density at radius 2 is 1.75 bits per heavy atom. The van der Waals surface area contributed by atoms with Gasteiger partial charge in [0.2, 0.25) is 0 Å². The number of ketones is 1. The smallest absolute Gasteiger partial charge is 0.159 e. The molecule has 12 heavy (non-hydrogen) atoms. The van der Waals surface area contributed by atoms with Gasteiger partial charge in [-0.3, -0.25) is 4.79 Å². The average molecular weight is 186 g/mol. The Kier molecular flexibility index (Phi) is 4.37. The number of anilines is 1. The Morgan fingerprint density at radius 1 is 1.25 bits per heavy atom. The number of halogens is 1. The lowest BCUT2D eigenvalue weighted by Crippen LogP contribution is -1.92. The monoisotopic (exact) mass is 185 g/mol. The highest BCUT2D eigenvalue weighted by Gasteiger charge is 1.96. The number of hydrogen-bond acceptors (Lipinski definition) is 2. The predicted octanol–water partition coefficient (Wildman–Crippen LogP) is 2.35. The number of carbonyl (C=O) groups is 1. The van der Waals surface area contributed by atoms with Gasteiger partial charge < -0.3 is 5.32 Å². The van der Waals surface area contributed by atoms with Gasteiger partial charge in [-0.05, 0) is 31.2 Å². The first-order chi connectivity index (χ1) is 5.24. The van der Waals surface area contributed by atoms with Crippen molar-refractivity contribution in [2.24, 2.45) is 0 Å². The average Bonchev–Trinajstić information content (AvgIpc) is 2.05. The van der Waals surface area contributed by atoms with E-state index in [9.17, 15) is 4.79 Å². The number of hydrogen-bond donors (Lipinski definition) is 1. The Labute approximate surface area is 78.4 Å². The third kappa shape index (κ3) is 2.55. The van der Waals surface area contributed by atoms with Gasteiger partial charge in [-0.1, -0.05) is 0 Å². The van der Waals surface area contributed by atoms with Crippen molar-refractivity contribution in [2.45, 2.75) is 6.92 Å². The summed E-state index contributed by atoms with van der Waals surface area (Å²) in [6.07, 6.45) is 0. The molecule has 0 fully saturated rings. The summed E-state index contributed by atoms with van der Waals surface area (Å²) in [5.41, 5.74) is 1.78. The number of carbonyl (C=O) groups excluding carboxylic acids is 1. The van der Waals surface area contributed by atoms with E-state index in [4.69, 9.17) is 0 Å². The summed E-state index contributed by atoms with van der Waals surface area (Å²) in [4.78, 5) is 10.8. The SMILES string of the molecule is CNc1ccc(C(C)=O)cc1.Cl. The number of Topliss-reactive ketones (excluding diaryl/α,β-unsaturated/α-hetero) is 1. The molecule has 0 aliphatic heterocycles. The summed E-state index contributed by atoms with van der Waals surface area (Å²) in [6.45, 7) is 1.56. The van der Waals surface area contributed by atoms with Crippen LogP contribution in [0.5, 0.6) is 0 Å². The van der Waals surface area contributed by atoms with Crippen molar-refractivity contribution in [1.29, 1.82) is 0 Å². The van der Waals surface area contributed by atoms with Crippen molar-refractivity contribution in [2.75, 3.05) is 12.4 Å². The van der Waals surface area contributed by atoms with Crippen LogP contribution < -0.4 is 5.32 Å². The van der Waals surface area contributed by atoms with E-state index in [1.807, 2.05) is 31.3 Å². The van der Waals surface area contributed by atoms with E-state index in [0.717, 1.165) is 11.3 Å². The van der Waals surface area contributed by atoms with E-state index in [0.29, 0.717) is 0 Å². The first-order valence-corrected chi connectivity index (χ1v) is 3.53. The maximum Gasteiger partial charge on any atom is 0.159 e. The molecule has 66 valence electrons. The van der Waals surface area contributed by atoms with Gasteiger partial charge >= 0.3 is 0 Å². The van der Waals surface area contributed by atoms with Crippen LogP contribution in [0.4, 0.5) is 5.69 Å². The first-order valence-electron chi connectivity index (χ1n) is 3.53. The maximum absolute atomic E-state index is 10.8. The van der Waals surface area contributed by atoms with Crippen molar-refractivity contribution in [1.82, 2.24) is 0 Å². The lowest BCUT2D eigenvalue weighted by Gasteiger charge is -1.99. The van der Waals surface area contributed by atoms with Gasteiger partial charge in [0.05, 0.1) is 0 Å². The third-order valence-corrected chi connectivity index (χ3v) is 1.58. The molecule has 2 nitrogen and oxygen atoms in total. The topological polar surface area (TPSA) is 29.1 Å². The molecular formula is C9H12ClNO. The molecule has 0 saturated carbocycles. The summed E-state index contributed by atoms with van der Waals surface area (Å²) < 4.78 is 0. The van der Waals surface area contributed by atoms with E-state index < -0.39 is 0 Å². The van der Waals surface area contributed by atoms with Crippen molar-refractivity contribution in [3.8, 4) is 0 Å². The summed E-state index contributed by atoms with van der Waals surface area (Å²) in [6, 6.07) is 7.40. The highest BCUT2D eigenvalue weighted by molar-refractivity contribution is 5.94. The number of rotatable bonds is 2. The molecule has 0 unspecified atom stereocenters. The van der Waals surface area contributed by atoms with Crippen molar-refractivity contribution >= 4 is 23.9 Å². The van der Waals surface area contributed by atoms with E-state index in [1.54, 1.807) is 6.92 Å². The Morgan fingerprint density at radius 3 is 2.08 bits per heavy atom. The predicted molar refractivity (Wildman–Crippen MR) is 53.2 cm³/mol. The second-order valence-corrected chi connectivity index (χ2v) is 2.38. The highest BCUT2D eigenvalue weighted by atomic mass is 35.5. The van der Waals surface area contributed by atoms with E-state index in [2.05, 4.69) is 5.32 Å². The minimum Gasteiger partial charge on any atom is -0.388 e. The van der Waals surface area contributed by atoms with Gasteiger partial charge in [0.15, 0.2) is 5.78 Å². The Bertz CT molecular complexity index is 256. The van der Waals surface area contributed by atoms with Crippen LogP contribution in [0.3, 0.4) is 0 Å². The molecule has 3 heteroatoms. The Balaban J connectivity index is 0.00000121. The maximum atomic E-state index is 10.8. The summed E-state index contributed by atoms with van der Waals surface area (Å²) in [5, 5.41) is 2.98. The fourth-order valence-corrected chi connectivity index (χ4v) is 0.872. The van der Waals surface area contributed by atoms with Crippen molar-refractivity contribution in [3.05, 3.63) is 29.8 Å². The van der Waals surface area contributed by atoms with Crippen LogP contribution in [0.15, 0.2) is 24.3 Å². The molecule has 0 aromatic heterocycles. The van der Waals surface area contributed by atoms with Crippen LogP contribution in [0.25, 0.3) is 0 Å². The zero-order chi connectivity index (χ0) is 8.27. The molecule has 1 rings (SSSR count). The molecule has 1 N–H and O–H groups in total. The van der Waals surface area contributed by atoms with Crippen LogP contribution in [-0.2, 0) is 0 Å². The van der Waals surface area contributed by atoms with Crippen LogP contribution in [0, 0.1) is 0 Å². The molecule has 0 amide bonds. The molecule has 0 atom stereocenters. The van der Waals surface area contributed by atoms with Gasteiger partial charge in [-0.25, -0.2) is 0 Å². The van der Waals surface area contributed by atoms with Gasteiger partial charge in [-0.2, -0.15) is 0 Å². The fourth-order valence-electron chi connectivity index (χ4n) is 0.872. The van der Waals surface area contributed by atoms with Crippen LogP contribution in [0.2, 0.25) is 0 Å². The lowest BCUT2D eigenvalue weighted by atomic mass is 10.1. The molecule has 0 radical (unpaired) electrons. The molecule has 0 spiro atoms. The molecule has 0 heterocycles.